The summed E-state index contributed by atoms with van der Waals surface area (Å²) in [7, 11) is 0. The lowest BCUT2D eigenvalue weighted by Gasteiger charge is -2.02. The monoisotopic (exact) mass is 154 g/mol. The summed E-state index contributed by atoms with van der Waals surface area (Å²) in [5, 5.41) is 9.09. The molecule has 3 nitrogen and oxygen atoms in total. The van der Waals surface area contributed by atoms with Gasteiger partial charge in [0, 0.05) is 0 Å². The van der Waals surface area contributed by atoms with Gasteiger partial charge in [0.25, 0.3) is 0 Å². The van der Waals surface area contributed by atoms with Gasteiger partial charge in [-0.05, 0) is 6.58 Å². The fraction of sp³-hybridized carbons (Fsp3) is 0.250. The zero-order valence-electron chi connectivity index (χ0n) is 4.81. The Morgan fingerprint density at radius 2 is 2.10 bits per heavy atom. The summed E-state index contributed by atoms with van der Waals surface area (Å²) in [5.74, 6) is -0.684. The van der Waals surface area contributed by atoms with Gasteiger partial charge in [-0.25, -0.2) is 4.99 Å². The summed E-state index contributed by atoms with van der Waals surface area (Å²) in [6.07, 6.45) is -4.21. The van der Waals surface area contributed by atoms with Crippen molar-refractivity contribution in [2.24, 2.45) is 4.99 Å². The van der Waals surface area contributed by atoms with E-state index in [1.54, 1.807) is 0 Å². The first-order chi connectivity index (χ1) is 4.42. The number of nitrogens with one attached hydrogen (secondary N) is 1. The van der Waals surface area contributed by atoms with Gasteiger partial charge in [-0.2, -0.15) is 13.2 Å². The predicted molar refractivity (Wildman–Crippen MR) is 29.5 cm³/mol. The van der Waals surface area contributed by atoms with Crippen LogP contribution >= 0.6 is 0 Å². The van der Waals surface area contributed by atoms with E-state index in [1.165, 1.54) is 0 Å². The Morgan fingerprint density at radius 3 is 2.40 bits per heavy atom. The third-order valence-corrected chi connectivity index (χ3v) is 0.442. The van der Waals surface area contributed by atoms with Crippen LogP contribution in [-0.2, 0) is 0 Å². The molecule has 0 aromatic rings. The minimum atomic E-state index is -4.51. The van der Waals surface area contributed by atoms with Gasteiger partial charge in [0.05, 0.1) is 6.34 Å². The molecular weight excluding hydrogens is 149 g/mol. The highest BCUT2D eigenvalue weighted by Gasteiger charge is 2.24. The van der Waals surface area contributed by atoms with Gasteiger partial charge in [-0.1, -0.05) is 0 Å². The highest BCUT2D eigenvalue weighted by atomic mass is 19.4. The maximum absolute atomic E-state index is 11.2. The first-order valence-electron chi connectivity index (χ1n) is 2.16. The van der Waals surface area contributed by atoms with Crippen LogP contribution in [0, 0.1) is 0 Å². The number of hydrogen-bond donors (Lipinski definition) is 2. The largest absolute Gasteiger partial charge is 0.494 e. The number of aliphatic imine (C=N–C) groups is 1. The molecule has 0 heterocycles. The molecule has 0 saturated heterocycles. The Balaban J connectivity index is 3.64. The van der Waals surface area contributed by atoms with E-state index >= 15 is 0 Å². The van der Waals surface area contributed by atoms with Crippen LogP contribution in [0.5, 0.6) is 0 Å². The zero-order valence-corrected chi connectivity index (χ0v) is 4.81. The zero-order chi connectivity index (χ0) is 8.20. The van der Waals surface area contributed by atoms with Crippen LogP contribution < -0.4 is 5.32 Å². The second-order valence-corrected chi connectivity index (χ2v) is 1.32. The minimum absolute atomic E-state index is 0.308. The van der Waals surface area contributed by atoms with Crippen LogP contribution in [-0.4, -0.2) is 17.7 Å². The van der Waals surface area contributed by atoms with Gasteiger partial charge in [-0.15, -0.1) is 0 Å². The summed E-state index contributed by atoms with van der Waals surface area (Å²) in [6, 6.07) is 0. The van der Waals surface area contributed by atoms with Crippen molar-refractivity contribution in [1.82, 2.24) is 5.32 Å². The highest BCUT2D eigenvalue weighted by Crippen LogP contribution is 2.07. The van der Waals surface area contributed by atoms with Gasteiger partial charge in [0.2, 0.25) is 5.88 Å². The fourth-order valence-electron chi connectivity index (χ4n) is 0.180. The summed E-state index contributed by atoms with van der Waals surface area (Å²) < 4.78 is 33.6. The van der Waals surface area contributed by atoms with Crippen molar-refractivity contribution in [1.29, 1.82) is 0 Å². The van der Waals surface area contributed by atoms with Crippen molar-refractivity contribution < 1.29 is 18.3 Å². The van der Waals surface area contributed by atoms with Crippen LogP contribution in [0.1, 0.15) is 0 Å². The van der Waals surface area contributed by atoms with Crippen molar-refractivity contribution in [3.63, 3.8) is 0 Å². The molecule has 0 aliphatic rings. The summed E-state index contributed by atoms with van der Waals surface area (Å²) in [6.45, 7) is 2.82. The number of aliphatic hydroxyl groups is 1. The standard InChI is InChI=1S/C4H5F3N2O/c1-3(10)8-2-9-4(5,6)7/h2,10H,1H2,(H,8,9). The molecule has 10 heavy (non-hydrogen) atoms. The van der Waals surface area contributed by atoms with Crippen molar-refractivity contribution in [3.05, 3.63) is 12.5 Å². The van der Waals surface area contributed by atoms with E-state index in [2.05, 4.69) is 11.6 Å². The SMILES string of the molecule is C=C(O)/N=C\NC(F)(F)F. The third kappa shape index (κ3) is 6.80. The number of alkyl halides is 3. The number of rotatable bonds is 2. The summed E-state index contributed by atoms with van der Waals surface area (Å²) in [5.41, 5.74) is 0. The molecule has 0 saturated carbocycles. The normalized spacial score (nSPS) is 11.9. The molecule has 0 spiro atoms. The van der Waals surface area contributed by atoms with E-state index in [4.69, 9.17) is 5.11 Å². The van der Waals surface area contributed by atoms with Gasteiger partial charge >= 0.3 is 6.30 Å². The maximum Gasteiger partial charge on any atom is 0.483 e. The topological polar surface area (TPSA) is 44.6 Å². The van der Waals surface area contributed by atoms with Gasteiger partial charge in [-0.3, -0.25) is 5.32 Å². The number of nitrogens with zero attached hydrogens (tertiary/aromatic N) is 1. The molecule has 0 aromatic carbocycles. The molecule has 0 atom stereocenters. The first kappa shape index (κ1) is 8.80. The molecule has 2 N–H and O–H groups in total. The van der Waals surface area contributed by atoms with Gasteiger partial charge < -0.3 is 5.11 Å². The van der Waals surface area contributed by atoms with Crippen molar-refractivity contribution in [2.75, 3.05) is 0 Å². The van der Waals surface area contributed by atoms with Crippen LogP contribution in [0.4, 0.5) is 13.2 Å². The van der Waals surface area contributed by atoms with Crippen LogP contribution in [0.25, 0.3) is 0 Å². The molecule has 0 radical (unpaired) electrons. The maximum atomic E-state index is 11.2. The van der Waals surface area contributed by atoms with Crippen molar-refractivity contribution >= 4 is 6.34 Å². The number of halogens is 3. The van der Waals surface area contributed by atoms with Crippen LogP contribution in [0.2, 0.25) is 0 Å². The van der Waals surface area contributed by atoms with Crippen molar-refractivity contribution in [3.8, 4) is 0 Å². The second kappa shape index (κ2) is 3.09. The Hall–Kier alpha value is -1.20. The first-order valence-corrected chi connectivity index (χ1v) is 2.16. The summed E-state index contributed by atoms with van der Waals surface area (Å²) in [4.78, 5) is 2.81. The quantitative estimate of drug-likeness (QED) is 0.271. The van der Waals surface area contributed by atoms with Crippen LogP contribution in [0.15, 0.2) is 17.5 Å². The Bertz CT molecular complexity index is 151. The molecular formula is C4H5F3N2O. The molecule has 0 bridgehead atoms. The lowest BCUT2D eigenvalue weighted by molar-refractivity contribution is -0.140. The molecule has 0 fully saturated rings. The van der Waals surface area contributed by atoms with E-state index in [0.717, 1.165) is 5.32 Å². The lowest BCUT2D eigenvalue weighted by atomic mass is 10.9. The molecule has 0 rings (SSSR count). The molecule has 58 valence electrons. The molecule has 0 unspecified atom stereocenters. The average Bonchev–Trinajstić information content (AvgIpc) is 1.59. The summed E-state index contributed by atoms with van der Waals surface area (Å²) >= 11 is 0. The smallest absolute Gasteiger partial charge is 0.483 e. The Morgan fingerprint density at radius 1 is 1.60 bits per heavy atom. The predicted octanol–water partition coefficient (Wildman–Crippen LogP) is 1.15. The van der Waals surface area contributed by atoms with E-state index in [-0.39, 0.29) is 0 Å². The van der Waals surface area contributed by atoms with E-state index in [9.17, 15) is 13.2 Å². The third-order valence-electron chi connectivity index (χ3n) is 0.442. The molecule has 0 amide bonds. The fourth-order valence-corrected chi connectivity index (χ4v) is 0.180. The second-order valence-electron chi connectivity index (χ2n) is 1.32. The van der Waals surface area contributed by atoms with Gasteiger partial charge in [0.1, 0.15) is 0 Å². The molecule has 6 heteroatoms. The van der Waals surface area contributed by atoms with Crippen LogP contribution in [0.3, 0.4) is 0 Å². The number of aliphatic hydroxyl groups excluding tert-OH is 1. The Labute approximate surface area is 54.9 Å². The minimum Gasteiger partial charge on any atom is -0.494 e. The average molecular weight is 154 g/mol. The molecule has 0 aliphatic carbocycles. The Kier molecular flexibility index (Phi) is 2.72. The molecule has 0 aromatic heterocycles. The highest BCUT2D eigenvalue weighted by molar-refractivity contribution is 5.55. The van der Waals surface area contributed by atoms with E-state index in [0.29, 0.717) is 6.34 Å². The van der Waals surface area contributed by atoms with E-state index < -0.39 is 12.2 Å². The van der Waals surface area contributed by atoms with E-state index in [1.807, 2.05) is 0 Å². The lowest BCUT2D eigenvalue weighted by Crippen LogP contribution is -2.29. The number of hydrogen-bond acceptors (Lipinski definition) is 2. The van der Waals surface area contributed by atoms with Crippen molar-refractivity contribution in [2.45, 2.75) is 6.30 Å². The molecule has 0 aliphatic heterocycles. The van der Waals surface area contributed by atoms with Gasteiger partial charge in [0.15, 0.2) is 0 Å².